The molecule has 0 aliphatic carbocycles. The molecule has 2 saturated heterocycles. The van der Waals surface area contributed by atoms with Gasteiger partial charge in [0.2, 0.25) is 6.41 Å². The number of aromatic nitrogens is 3. The molecule has 1 aromatic carbocycles. The predicted octanol–water partition coefficient (Wildman–Crippen LogP) is 6.08. The van der Waals surface area contributed by atoms with Gasteiger partial charge in [0.05, 0.1) is 47.1 Å². The first kappa shape index (κ1) is 36.8. The highest BCUT2D eigenvalue weighted by molar-refractivity contribution is 6.41. The van der Waals surface area contributed by atoms with Gasteiger partial charge in [-0.3, -0.25) is 4.79 Å². The molecule has 0 unspecified atom stereocenters. The molecule has 0 atom stereocenters. The lowest BCUT2D eigenvalue weighted by Crippen LogP contribution is -2.44. The molecule has 4 heterocycles. The monoisotopic (exact) mass is 650 g/mol. The fraction of sp³-hybridized carbons (Fsp3) is 0.484. The summed E-state index contributed by atoms with van der Waals surface area (Å²) in [6.45, 7) is 10.9. The highest BCUT2D eigenvalue weighted by atomic mass is 35.5. The Kier molecular flexibility index (Phi) is 15.4. The molecule has 5 rings (SSSR count). The second kappa shape index (κ2) is 18.4. The second-order valence-electron chi connectivity index (χ2n) is 10.1. The highest BCUT2D eigenvalue weighted by Gasteiger charge is 2.32. The van der Waals surface area contributed by atoms with Crippen LogP contribution in [0.4, 0.5) is 11.6 Å². The molecule has 0 saturated carbocycles. The third kappa shape index (κ3) is 9.82. The van der Waals surface area contributed by atoms with Gasteiger partial charge >= 0.3 is 0 Å². The lowest BCUT2D eigenvalue weighted by Gasteiger charge is -2.39. The second-order valence-corrected chi connectivity index (χ2v) is 10.9. The molecule has 0 radical (unpaired) electrons. The van der Waals surface area contributed by atoms with Gasteiger partial charge < -0.3 is 35.3 Å². The number of nitrogens with two attached hydrogens (primary N) is 2. The van der Waals surface area contributed by atoms with E-state index in [2.05, 4.69) is 29.1 Å². The van der Waals surface area contributed by atoms with Gasteiger partial charge in [0.25, 0.3) is 0 Å². The van der Waals surface area contributed by atoms with Crippen LogP contribution in [0, 0.1) is 0 Å². The van der Waals surface area contributed by atoms with E-state index in [4.69, 9.17) is 62.6 Å². The summed E-state index contributed by atoms with van der Waals surface area (Å²) in [6.07, 6.45) is 9.28. The van der Waals surface area contributed by atoms with Crippen molar-refractivity contribution in [3.63, 3.8) is 0 Å². The van der Waals surface area contributed by atoms with E-state index in [9.17, 15) is 0 Å². The maximum atomic E-state index is 8.58. The number of benzene rings is 1. The standard InChI is InChI=1S/C22H25Cl2N5O3.C5H10O.C3H6.CH3NO/c1-22(32-4)5-7-29(8-6-22)21-12-9-16(25)26-11-13(12)27-20(28-21)17-18(23)14(30-2)10-15(31-3)19(17)24;1-2-4-6-5-3-1;1-3-2;2-1-3/h9-11H,5-8H2,1-4H3,(H2,25,26);1-5H2;3H,1H2,2H3;1H,(H2,2,3). The zero-order valence-corrected chi connectivity index (χ0v) is 27.7. The summed E-state index contributed by atoms with van der Waals surface area (Å²) in [5.74, 6) is 2.32. The van der Waals surface area contributed by atoms with Gasteiger partial charge in [-0.05, 0) is 52.0 Å². The van der Waals surface area contributed by atoms with Crippen LogP contribution in [0.25, 0.3) is 22.3 Å². The van der Waals surface area contributed by atoms with Crippen molar-refractivity contribution in [3.05, 3.63) is 41.0 Å². The van der Waals surface area contributed by atoms with Crippen molar-refractivity contribution in [1.29, 1.82) is 0 Å². The van der Waals surface area contributed by atoms with Gasteiger partial charge in [0.15, 0.2) is 5.82 Å². The minimum Gasteiger partial charge on any atom is -0.495 e. The molecule has 0 spiro atoms. The van der Waals surface area contributed by atoms with Crippen molar-refractivity contribution < 1.29 is 23.7 Å². The molecule has 3 aromatic rings. The number of methoxy groups -OCH3 is 3. The number of pyridine rings is 1. The summed E-state index contributed by atoms with van der Waals surface area (Å²) in [4.78, 5) is 24.6. The van der Waals surface area contributed by atoms with Crippen LogP contribution in [-0.4, -0.2) is 74.6 Å². The number of carbonyl (C=O) groups is 1. The fourth-order valence-electron chi connectivity index (χ4n) is 4.55. The van der Waals surface area contributed by atoms with Crippen LogP contribution < -0.4 is 25.8 Å². The van der Waals surface area contributed by atoms with Crippen LogP contribution in [0.2, 0.25) is 10.0 Å². The topological polar surface area (TPSA) is 148 Å². The summed E-state index contributed by atoms with van der Waals surface area (Å²) < 4.78 is 21.6. The van der Waals surface area contributed by atoms with E-state index < -0.39 is 0 Å². The molecule has 2 aliphatic heterocycles. The molecule has 2 aliphatic rings. The number of hydrogen-bond donors (Lipinski definition) is 2. The highest BCUT2D eigenvalue weighted by Crippen LogP contribution is 2.46. The zero-order valence-electron chi connectivity index (χ0n) is 26.2. The maximum Gasteiger partial charge on any atom is 0.204 e. The molecule has 0 bridgehead atoms. The van der Waals surface area contributed by atoms with Crippen LogP contribution in [0.3, 0.4) is 0 Å². The number of anilines is 2. The van der Waals surface area contributed by atoms with Crippen molar-refractivity contribution in [1.82, 2.24) is 15.0 Å². The smallest absolute Gasteiger partial charge is 0.204 e. The minimum absolute atomic E-state index is 0.157. The Labute approximate surface area is 269 Å². The van der Waals surface area contributed by atoms with Crippen LogP contribution in [0.1, 0.15) is 46.0 Å². The van der Waals surface area contributed by atoms with E-state index in [-0.39, 0.29) is 12.0 Å². The number of rotatable bonds is 5. The normalized spacial score (nSPS) is 15.3. The zero-order chi connectivity index (χ0) is 32.7. The SMILES string of the molecule is C1CCOCC1.C=CC.COc1cc(OC)c(Cl)c(-c2nc(N3CCC(C)(OC)CC3)c3cc(N)ncc3n2)c1Cl.NC=O. The summed E-state index contributed by atoms with van der Waals surface area (Å²) in [5, 5.41) is 1.42. The first-order chi connectivity index (χ1) is 21.1. The van der Waals surface area contributed by atoms with E-state index in [1.54, 1.807) is 31.5 Å². The maximum absolute atomic E-state index is 8.58. The summed E-state index contributed by atoms with van der Waals surface area (Å²) in [5.41, 5.74) is 11.1. The molecule has 11 nitrogen and oxygen atoms in total. The summed E-state index contributed by atoms with van der Waals surface area (Å²) >= 11 is 13.3. The molecular formula is C31H44Cl2N6O5. The van der Waals surface area contributed by atoms with Gasteiger partial charge in [-0.2, -0.15) is 0 Å². The fourth-order valence-corrected chi connectivity index (χ4v) is 5.22. The summed E-state index contributed by atoms with van der Waals surface area (Å²) in [6, 6.07) is 3.42. The Morgan fingerprint density at radius 1 is 1.02 bits per heavy atom. The Morgan fingerprint density at radius 3 is 2.00 bits per heavy atom. The number of primary amides is 1. The van der Waals surface area contributed by atoms with Gasteiger partial charge in [-0.15, -0.1) is 6.58 Å². The Hall–Kier alpha value is -3.38. The Balaban J connectivity index is 0.000000476. The van der Waals surface area contributed by atoms with Crippen LogP contribution in [-0.2, 0) is 14.3 Å². The Morgan fingerprint density at radius 2 is 1.57 bits per heavy atom. The molecule has 242 valence electrons. The first-order valence-electron chi connectivity index (χ1n) is 14.3. The van der Waals surface area contributed by atoms with Crippen molar-refractivity contribution in [2.75, 3.05) is 58.3 Å². The third-order valence-electron chi connectivity index (χ3n) is 7.07. The van der Waals surface area contributed by atoms with Crippen LogP contribution >= 0.6 is 23.2 Å². The van der Waals surface area contributed by atoms with Crippen LogP contribution in [0.5, 0.6) is 11.5 Å². The Bertz CT molecular complexity index is 1320. The van der Waals surface area contributed by atoms with E-state index in [1.807, 2.05) is 6.92 Å². The number of hydrogen-bond acceptors (Lipinski definition) is 10. The van der Waals surface area contributed by atoms with E-state index in [1.165, 1.54) is 33.5 Å². The number of nitrogens with zero attached hydrogens (tertiary/aromatic N) is 4. The molecule has 2 aromatic heterocycles. The largest absolute Gasteiger partial charge is 0.495 e. The lowest BCUT2D eigenvalue weighted by molar-refractivity contribution is -0.106. The van der Waals surface area contributed by atoms with E-state index in [0.717, 1.165) is 50.3 Å². The van der Waals surface area contributed by atoms with Crippen LogP contribution in [0.15, 0.2) is 31.0 Å². The quantitative estimate of drug-likeness (QED) is 0.246. The number of nitrogen functional groups attached to an aromatic ring is 1. The average molecular weight is 652 g/mol. The molecular weight excluding hydrogens is 607 g/mol. The first-order valence-corrected chi connectivity index (χ1v) is 15.0. The van der Waals surface area contributed by atoms with Crippen molar-refractivity contribution in [3.8, 4) is 22.9 Å². The molecule has 4 N–H and O–H groups in total. The van der Waals surface area contributed by atoms with Gasteiger partial charge in [-0.25, -0.2) is 15.0 Å². The van der Waals surface area contributed by atoms with Crippen molar-refractivity contribution >= 4 is 52.2 Å². The van der Waals surface area contributed by atoms with Gasteiger partial charge in [-0.1, -0.05) is 29.3 Å². The van der Waals surface area contributed by atoms with Crippen molar-refractivity contribution in [2.24, 2.45) is 5.73 Å². The lowest BCUT2D eigenvalue weighted by atomic mass is 9.93. The number of piperidine rings is 1. The third-order valence-corrected chi connectivity index (χ3v) is 7.82. The number of ether oxygens (including phenoxy) is 4. The van der Waals surface area contributed by atoms with E-state index >= 15 is 0 Å². The van der Waals surface area contributed by atoms with Gasteiger partial charge in [0.1, 0.15) is 23.1 Å². The number of allylic oxidation sites excluding steroid dienone is 1. The number of fused-ring (bicyclic) bond motifs is 1. The molecule has 13 heteroatoms. The number of carbonyl (C=O) groups excluding carboxylic acids is 1. The predicted molar refractivity (Wildman–Crippen MR) is 178 cm³/mol. The molecule has 44 heavy (non-hydrogen) atoms. The van der Waals surface area contributed by atoms with E-state index in [0.29, 0.717) is 44.3 Å². The molecule has 2 fully saturated rings. The van der Waals surface area contributed by atoms with Gasteiger partial charge in [0, 0.05) is 44.9 Å². The molecule has 1 amide bonds. The average Bonchev–Trinajstić information content (AvgIpc) is 3.03. The van der Waals surface area contributed by atoms with Crippen molar-refractivity contribution in [2.45, 2.75) is 51.6 Å². The number of halogens is 2. The summed E-state index contributed by atoms with van der Waals surface area (Å²) in [7, 11) is 4.80. The number of amides is 1. The minimum atomic E-state index is -0.157.